The molecule has 138 valence electrons. The molecule has 4 rings (SSSR count). The van der Waals surface area contributed by atoms with E-state index in [1.807, 2.05) is 37.5 Å². The number of nitrogens with two attached hydrogens (primary N) is 1. The SMILES string of the molecule is COCc1cc2c3c(N)ncnc3n(-c3c(C)ccc(O)c3C)c2nc1C. The van der Waals surface area contributed by atoms with Crippen LogP contribution in [0.4, 0.5) is 5.82 Å². The van der Waals surface area contributed by atoms with Gasteiger partial charge in [0.15, 0.2) is 5.65 Å². The summed E-state index contributed by atoms with van der Waals surface area (Å²) in [7, 11) is 1.66. The van der Waals surface area contributed by atoms with Crippen molar-refractivity contribution < 1.29 is 9.84 Å². The Morgan fingerprint density at radius 3 is 2.67 bits per heavy atom. The van der Waals surface area contributed by atoms with Gasteiger partial charge in [-0.2, -0.15) is 0 Å². The van der Waals surface area contributed by atoms with Gasteiger partial charge >= 0.3 is 0 Å². The van der Waals surface area contributed by atoms with Gasteiger partial charge in [0.1, 0.15) is 23.5 Å². The standard InChI is InChI=1S/C20H21N5O2/c1-10-5-6-15(26)11(2)17(10)25-19-14(7-13(8-27-4)12(3)24-19)16-18(21)22-9-23-20(16)25/h5-7,9,26H,8H2,1-4H3,(H2,21,22,23). The number of methoxy groups -OCH3 is 1. The number of anilines is 1. The highest BCUT2D eigenvalue weighted by atomic mass is 16.5. The summed E-state index contributed by atoms with van der Waals surface area (Å²) in [5.74, 6) is 0.619. The first kappa shape index (κ1) is 17.2. The van der Waals surface area contributed by atoms with Gasteiger partial charge in [-0.25, -0.2) is 15.0 Å². The zero-order valence-corrected chi connectivity index (χ0v) is 15.7. The smallest absolute Gasteiger partial charge is 0.152 e. The fourth-order valence-corrected chi connectivity index (χ4v) is 3.59. The zero-order valence-electron chi connectivity index (χ0n) is 15.7. The van der Waals surface area contributed by atoms with Crippen LogP contribution in [-0.4, -0.2) is 31.7 Å². The number of hydrogen-bond acceptors (Lipinski definition) is 6. The van der Waals surface area contributed by atoms with Gasteiger partial charge < -0.3 is 15.6 Å². The van der Waals surface area contributed by atoms with Gasteiger partial charge in [0.05, 0.1) is 17.7 Å². The molecule has 0 fully saturated rings. The molecule has 0 amide bonds. The van der Waals surface area contributed by atoms with Gasteiger partial charge in [0.25, 0.3) is 0 Å². The van der Waals surface area contributed by atoms with E-state index in [0.717, 1.165) is 44.5 Å². The summed E-state index contributed by atoms with van der Waals surface area (Å²) >= 11 is 0. The molecule has 0 bridgehead atoms. The first-order valence-corrected chi connectivity index (χ1v) is 8.63. The summed E-state index contributed by atoms with van der Waals surface area (Å²) in [5, 5.41) is 11.9. The van der Waals surface area contributed by atoms with E-state index in [-0.39, 0.29) is 5.75 Å². The van der Waals surface area contributed by atoms with Crippen molar-refractivity contribution in [3.8, 4) is 11.4 Å². The normalized spacial score (nSPS) is 11.6. The van der Waals surface area contributed by atoms with Crippen molar-refractivity contribution >= 4 is 27.9 Å². The van der Waals surface area contributed by atoms with Crippen LogP contribution in [-0.2, 0) is 11.3 Å². The maximum absolute atomic E-state index is 10.3. The third-order valence-corrected chi connectivity index (χ3v) is 4.97. The Morgan fingerprint density at radius 2 is 1.93 bits per heavy atom. The minimum absolute atomic E-state index is 0.223. The summed E-state index contributed by atoms with van der Waals surface area (Å²) in [6.45, 7) is 6.29. The number of benzene rings is 1. The number of nitrogens with zero attached hydrogens (tertiary/aromatic N) is 4. The highest BCUT2D eigenvalue weighted by Crippen LogP contribution is 2.37. The number of phenolic OH excluding ortho intramolecular Hbond substituents is 1. The molecule has 7 nitrogen and oxygen atoms in total. The number of aromatic hydroxyl groups is 1. The van der Waals surface area contributed by atoms with Crippen LogP contribution in [0.5, 0.6) is 5.75 Å². The van der Waals surface area contributed by atoms with Crippen LogP contribution >= 0.6 is 0 Å². The van der Waals surface area contributed by atoms with Crippen molar-refractivity contribution in [3.63, 3.8) is 0 Å². The molecule has 0 radical (unpaired) electrons. The summed E-state index contributed by atoms with van der Waals surface area (Å²) in [6.07, 6.45) is 1.45. The summed E-state index contributed by atoms with van der Waals surface area (Å²) in [5.41, 5.74) is 12.1. The number of nitrogen functional groups attached to an aromatic ring is 1. The highest BCUT2D eigenvalue weighted by Gasteiger charge is 2.21. The van der Waals surface area contributed by atoms with Crippen LogP contribution in [0.3, 0.4) is 0 Å². The van der Waals surface area contributed by atoms with Gasteiger partial charge in [0.2, 0.25) is 0 Å². The number of rotatable bonds is 3. The quantitative estimate of drug-likeness (QED) is 0.579. The number of pyridine rings is 1. The fourth-order valence-electron chi connectivity index (χ4n) is 3.59. The van der Waals surface area contributed by atoms with Crippen molar-refractivity contribution in [2.45, 2.75) is 27.4 Å². The zero-order chi connectivity index (χ0) is 19.3. The fraction of sp³-hybridized carbons (Fsp3) is 0.250. The Balaban J connectivity index is 2.23. The molecule has 4 aromatic rings. The minimum Gasteiger partial charge on any atom is -0.508 e. The molecule has 3 heterocycles. The third-order valence-electron chi connectivity index (χ3n) is 4.97. The van der Waals surface area contributed by atoms with Gasteiger partial charge in [-0.05, 0) is 44.0 Å². The minimum atomic E-state index is 0.223. The van der Waals surface area contributed by atoms with Crippen molar-refractivity contribution in [3.05, 3.63) is 46.9 Å². The van der Waals surface area contributed by atoms with Crippen molar-refractivity contribution in [1.29, 1.82) is 0 Å². The molecule has 0 unspecified atom stereocenters. The molecule has 0 atom stereocenters. The van der Waals surface area contributed by atoms with Crippen molar-refractivity contribution in [2.24, 2.45) is 0 Å². The maximum atomic E-state index is 10.3. The van der Waals surface area contributed by atoms with Crippen LogP contribution < -0.4 is 5.73 Å². The van der Waals surface area contributed by atoms with E-state index in [0.29, 0.717) is 18.1 Å². The van der Waals surface area contributed by atoms with Crippen LogP contribution in [0.25, 0.3) is 27.8 Å². The predicted molar refractivity (Wildman–Crippen MR) is 105 cm³/mol. The summed E-state index contributed by atoms with van der Waals surface area (Å²) in [4.78, 5) is 13.5. The first-order valence-electron chi connectivity index (χ1n) is 8.63. The van der Waals surface area contributed by atoms with Crippen LogP contribution in [0, 0.1) is 20.8 Å². The van der Waals surface area contributed by atoms with Crippen molar-refractivity contribution in [2.75, 3.05) is 12.8 Å². The number of aryl methyl sites for hydroxylation is 2. The van der Waals surface area contributed by atoms with Gasteiger partial charge in [-0.3, -0.25) is 4.57 Å². The molecule has 3 aromatic heterocycles. The number of phenols is 1. The van der Waals surface area contributed by atoms with Gasteiger partial charge in [-0.15, -0.1) is 0 Å². The molecule has 3 N–H and O–H groups in total. The van der Waals surface area contributed by atoms with E-state index in [1.54, 1.807) is 13.2 Å². The lowest BCUT2D eigenvalue weighted by atomic mass is 10.1. The Labute approximate surface area is 156 Å². The molecular formula is C20H21N5O2. The van der Waals surface area contributed by atoms with Crippen LogP contribution in [0.15, 0.2) is 24.5 Å². The molecule has 0 saturated heterocycles. The second-order valence-corrected chi connectivity index (χ2v) is 6.71. The van der Waals surface area contributed by atoms with E-state index < -0.39 is 0 Å². The van der Waals surface area contributed by atoms with Gasteiger partial charge in [-0.1, -0.05) is 6.07 Å². The monoisotopic (exact) mass is 363 g/mol. The predicted octanol–water partition coefficient (Wildman–Crippen LogP) is 3.33. The number of hydrogen-bond donors (Lipinski definition) is 2. The molecule has 27 heavy (non-hydrogen) atoms. The van der Waals surface area contributed by atoms with E-state index in [9.17, 15) is 5.11 Å². The van der Waals surface area contributed by atoms with Crippen LogP contribution in [0.2, 0.25) is 0 Å². The topological polar surface area (TPSA) is 99.1 Å². The largest absolute Gasteiger partial charge is 0.508 e. The average molecular weight is 363 g/mol. The second kappa shape index (κ2) is 6.21. The Hall–Kier alpha value is -3.19. The number of ether oxygens (including phenoxy) is 1. The number of aromatic nitrogens is 4. The Morgan fingerprint density at radius 1 is 1.15 bits per heavy atom. The third kappa shape index (κ3) is 2.50. The molecular weight excluding hydrogens is 342 g/mol. The van der Waals surface area contributed by atoms with E-state index in [1.165, 1.54) is 6.33 Å². The van der Waals surface area contributed by atoms with E-state index in [4.69, 9.17) is 15.5 Å². The average Bonchev–Trinajstić information content (AvgIpc) is 2.94. The molecule has 0 aliphatic heterocycles. The van der Waals surface area contributed by atoms with Gasteiger partial charge in [0, 0.05) is 23.8 Å². The lowest BCUT2D eigenvalue weighted by molar-refractivity contribution is 0.184. The lowest BCUT2D eigenvalue weighted by Crippen LogP contribution is -2.04. The Bertz CT molecular complexity index is 1200. The second-order valence-electron chi connectivity index (χ2n) is 6.71. The molecule has 0 aliphatic rings. The molecule has 1 aromatic carbocycles. The van der Waals surface area contributed by atoms with Crippen LogP contribution in [0.1, 0.15) is 22.4 Å². The van der Waals surface area contributed by atoms with E-state index in [2.05, 4.69) is 9.97 Å². The molecule has 0 aliphatic carbocycles. The highest BCUT2D eigenvalue weighted by molar-refractivity contribution is 6.11. The first-order chi connectivity index (χ1) is 12.9. The number of fused-ring (bicyclic) bond motifs is 3. The van der Waals surface area contributed by atoms with Crippen molar-refractivity contribution in [1.82, 2.24) is 19.5 Å². The molecule has 0 saturated carbocycles. The summed E-state index contributed by atoms with van der Waals surface area (Å²) < 4.78 is 7.26. The summed E-state index contributed by atoms with van der Waals surface area (Å²) in [6, 6.07) is 5.61. The lowest BCUT2D eigenvalue weighted by Gasteiger charge is -2.14. The molecule has 0 spiro atoms. The maximum Gasteiger partial charge on any atom is 0.152 e. The van der Waals surface area contributed by atoms with E-state index >= 15 is 0 Å². The Kier molecular flexibility index (Phi) is 3.96. The molecule has 7 heteroatoms.